The predicted molar refractivity (Wildman–Crippen MR) is 139 cm³/mol. The molecule has 2 aromatic heterocycles. The molecule has 0 spiro atoms. The minimum absolute atomic E-state index is 0.161. The summed E-state index contributed by atoms with van der Waals surface area (Å²) in [7, 11) is 0. The van der Waals surface area contributed by atoms with E-state index in [4.69, 9.17) is 14.5 Å². The third-order valence-electron chi connectivity index (χ3n) is 7.11. The minimum Gasteiger partial charge on any atom is -0.492 e. The molecule has 8 heteroatoms. The van der Waals surface area contributed by atoms with E-state index in [0.29, 0.717) is 30.9 Å². The number of anilines is 1. The highest BCUT2D eigenvalue weighted by Gasteiger charge is 2.29. The highest BCUT2D eigenvalue weighted by molar-refractivity contribution is 5.98. The first-order valence-electron chi connectivity index (χ1n) is 12.4. The zero-order valence-corrected chi connectivity index (χ0v) is 21.2. The van der Waals surface area contributed by atoms with Crippen LogP contribution in [0.1, 0.15) is 51.1 Å². The van der Waals surface area contributed by atoms with Crippen molar-refractivity contribution in [2.24, 2.45) is 0 Å². The molecule has 0 aliphatic carbocycles. The number of rotatable bonds is 5. The highest BCUT2D eigenvalue weighted by atomic mass is 16.5. The number of nitrogens with zero attached hydrogens (tertiary/aromatic N) is 2. The Morgan fingerprint density at radius 1 is 1.19 bits per heavy atom. The molecule has 0 radical (unpaired) electrons. The summed E-state index contributed by atoms with van der Waals surface area (Å²) in [6, 6.07) is 7.84. The molecule has 3 aromatic rings. The van der Waals surface area contributed by atoms with Gasteiger partial charge in [-0.15, -0.1) is 0 Å². The second-order valence-electron chi connectivity index (χ2n) is 9.68. The van der Waals surface area contributed by atoms with Crippen molar-refractivity contribution in [1.82, 2.24) is 15.3 Å². The summed E-state index contributed by atoms with van der Waals surface area (Å²) >= 11 is 0. The molecule has 4 heterocycles. The van der Waals surface area contributed by atoms with Crippen molar-refractivity contribution in [3.63, 3.8) is 0 Å². The number of aromatic nitrogens is 2. The van der Waals surface area contributed by atoms with Crippen molar-refractivity contribution >= 4 is 11.7 Å². The summed E-state index contributed by atoms with van der Waals surface area (Å²) in [4.78, 5) is 35.5. The number of ether oxygens (including phenoxy) is 2. The second kappa shape index (κ2) is 9.78. The molecule has 1 atom stereocenters. The lowest BCUT2D eigenvalue weighted by molar-refractivity contribution is 0.0950. The molecule has 2 aliphatic heterocycles. The number of amides is 1. The number of H-pyrrole nitrogens is 1. The van der Waals surface area contributed by atoms with Crippen LogP contribution in [0.5, 0.6) is 5.75 Å². The fourth-order valence-corrected chi connectivity index (χ4v) is 5.16. The van der Waals surface area contributed by atoms with Gasteiger partial charge in [0.1, 0.15) is 11.6 Å². The van der Waals surface area contributed by atoms with Crippen molar-refractivity contribution in [1.29, 1.82) is 0 Å². The lowest BCUT2D eigenvalue weighted by Gasteiger charge is -2.27. The van der Waals surface area contributed by atoms with Crippen LogP contribution in [-0.4, -0.2) is 48.8 Å². The van der Waals surface area contributed by atoms with Crippen LogP contribution in [0.4, 0.5) is 5.82 Å². The monoisotopic (exact) mass is 488 g/mol. The third kappa shape index (κ3) is 4.48. The zero-order chi connectivity index (χ0) is 25.4. The van der Waals surface area contributed by atoms with E-state index in [1.807, 2.05) is 51.2 Å². The number of carbonyl (C=O) groups is 1. The van der Waals surface area contributed by atoms with Gasteiger partial charge >= 0.3 is 0 Å². The summed E-state index contributed by atoms with van der Waals surface area (Å²) < 4.78 is 11.5. The van der Waals surface area contributed by atoms with Gasteiger partial charge in [0.05, 0.1) is 19.8 Å². The van der Waals surface area contributed by atoms with Gasteiger partial charge in [-0.05, 0) is 56.2 Å². The lowest BCUT2D eigenvalue weighted by atomic mass is 9.89. The quantitative estimate of drug-likeness (QED) is 0.570. The van der Waals surface area contributed by atoms with E-state index >= 15 is 0 Å². The normalized spacial score (nSPS) is 17.0. The number of hydrogen-bond acceptors (Lipinski definition) is 6. The summed E-state index contributed by atoms with van der Waals surface area (Å²) in [5.74, 6) is 1.70. The molecule has 188 valence electrons. The number of pyridine rings is 2. The van der Waals surface area contributed by atoms with E-state index in [-0.39, 0.29) is 23.9 Å². The fraction of sp³-hybridized carbons (Fsp3) is 0.393. The molecule has 5 rings (SSSR count). The zero-order valence-electron chi connectivity index (χ0n) is 21.2. The number of fused-ring (bicyclic) bond motifs is 1. The predicted octanol–water partition coefficient (Wildman–Crippen LogP) is 3.62. The Morgan fingerprint density at radius 3 is 2.67 bits per heavy atom. The van der Waals surface area contributed by atoms with Gasteiger partial charge in [-0.1, -0.05) is 6.92 Å². The van der Waals surface area contributed by atoms with Crippen LogP contribution in [0, 0.1) is 20.8 Å². The van der Waals surface area contributed by atoms with Gasteiger partial charge in [0, 0.05) is 65.3 Å². The molecule has 1 fully saturated rings. The highest BCUT2D eigenvalue weighted by Crippen LogP contribution is 2.45. The maximum absolute atomic E-state index is 13.4. The Labute approximate surface area is 210 Å². The Bertz CT molecular complexity index is 1360. The van der Waals surface area contributed by atoms with E-state index in [1.165, 1.54) is 0 Å². The van der Waals surface area contributed by atoms with Gasteiger partial charge in [0.15, 0.2) is 0 Å². The fourth-order valence-electron chi connectivity index (χ4n) is 5.16. The smallest absolute Gasteiger partial charge is 0.253 e. The molecule has 0 bridgehead atoms. The second-order valence-corrected chi connectivity index (χ2v) is 9.68. The lowest BCUT2D eigenvalue weighted by Crippen LogP contribution is -2.36. The first-order valence-corrected chi connectivity index (χ1v) is 12.4. The Kier molecular flexibility index (Phi) is 6.53. The van der Waals surface area contributed by atoms with Crippen LogP contribution >= 0.6 is 0 Å². The molecule has 1 unspecified atom stereocenters. The summed E-state index contributed by atoms with van der Waals surface area (Å²) in [5, 5.41) is 2.96. The van der Waals surface area contributed by atoms with Gasteiger partial charge in [-0.2, -0.15) is 0 Å². The number of aryl methyl sites for hydroxylation is 2. The molecule has 0 saturated carbocycles. The van der Waals surface area contributed by atoms with Gasteiger partial charge < -0.3 is 24.7 Å². The van der Waals surface area contributed by atoms with E-state index in [2.05, 4.69) is 22.1 Å². The SMILES string of the molecule is Cc1cc(C)c(CNC(=O)c2cc(-c3ccc(N4CCOCC4)nc3)c3c(c2C)C(C)CO3)c(=O)[nH]1. The van der Waals surface area contributed by atoms with Crippen LogP contribution in [0.25, 0.3) is 11.1 Å². The molecule has 8 nitrogen and oxygen atoms in total. The van der Waals surface area contributed by atoms with E-state index in [9.17, 15) is 9.59 Å². The maximum Gasteiger partial charge on any atom is 0.253 e. The molecule has 36 heavy (non-hydrogen) atoms. The summed E-state index contributed by atoms with van der Waals surface area (Å²) in [5.41, 5.74) is 6.35. The molecule has 2 N–H and O–H groups in total. The Balaban J connectivity index is 1.47. The number of nitrogens with one attached hydrogen (secondary N) is 2. The van der Waals surface area contributed by atoms with Crippen molar-refractivity contribution < 1.29 is 14.3 Å². The molecule has 1 amide bonds. The number of hydrogen-bond donors (Lipinski definition) is 2. The molecular weight excluding hydrogens is 456 g/mol. The third-order valence-corrected chi connectivity index (χ3v) is 7.11. The first-order chi connectivity index (χ1) is 17.3. The number of morpholine rings is 1. The molecule has 2 aliphatic rings. The van der Waals surface area contributed by atoms with Crippen LogP contribution in [0.3, 0.4) is 0 Å². The van der Waals surface area contributed by atoms with Gasteiger partial charge in [-0.3, -0.25) is 9.59 Å². The van der Waals surface area contributed by atoms with Crippen molar-refractivity contribution in [2.75, 3.05) is 37.8 Å². The van der Waals surface area contributed by atoms with Crippen molar-refractivity contribution in [3.05, 3.63) is 74.3 Å². The van der Waals surface area contributed by atoms with Gasteiger partial charge in [0.25, 0.3) is 11.5 Å². The average molecular weight is 489 g/mol. The van der Waals surface area contributed by atoms with Gasteiger partial charge in [-0.25, -0.2) is 4.98 Å². The Morgan fingerprint density at radius 2 is 1.97 bits per heavy atom. The van der Waals surface area contributed by atoms with Crippen LogP contribution in [-0.2, 0) is 11.3 Å². The summed E-state index contributed by atoms with van der Waals surface area (Å²) in [6.45, 7) is 11.6. The average Bonchev–Trinajstić information content (AvgIpc) is 3.26. The molecule has 1 saturated heterocycles. The maximum atomic E-state index is 13.4. The van der Waals surface area contributed by atoms with E-state index in [1.54, 1.807) is 0 Å². The number of carbonyl (C=O) groups excluding carboxylic acids is 1. The minimum atomic E-state index is -0.215. The summed E-state index contributed by atoms with van der Waals surface area (Å²) in [6.07, 6.45) is 1.85. The van der Waals surface area contributed by atoms with Gasteiger partial charge in [0.2, 0.25) is 0 Å². The Hall–Kier alpha value is -3.65. The molecule has 1 aromatic carbocycles. The van der Waals surface area contributed by atoms with Crippen molar-refractivity contribution in [2.45, 2.75) is 40.2 Å². The molecular formula is C28H32N4O4. The van der Waals surface area contributed by atoms with Crippen LogP contribution < -0.4 is 20.5 Å². The van der Waals surface area contributed by atoms with Crippen LogP contribution in [0.2, 0.25) is 0 Å². The van der Waals surface area contributed by atoms with E-state index in [0.717, 1.165) is 58.2 Å². The van der Waals surface area contributed by atoms with Crippen LogP contribution in [0.15, 0.2) is 35.3 Å². The largest absolute Gasteiger partial charge is 0.492 e. The van der Waals surface area contributed by atoms with E-state index < -0.39 is 0 Å². The topological polar surface area (TPSA) is 96.6 Å². The first kappa shape index (κ1) is 24.1. The number of benzene rings is 1. The number of aromatic amines is 1. The van der Waals surface area contributed by atoms with Crippen molar-refractivity contribution in [3.8, 4) is 16.9 Å². The standard InChI is InChI=1S/C28H32N4O4/c1-16-11-18(3)31-28(34)23(16)14-30-27(33)21-12-22(26-25(19(21)4)17(2)15-36-26)20-5-6-24(29-13-20)32-7-9-35-10-8-32/h5-6,11-13,17H,7-10,14-15H2,1-4H3,(H,30,33)(H,31,34).